The lowest BCUT2D eigenvalue weighted by molar-refractivity contribution is -0.0255. The maximum absolute atomic E-state index is 5.68. The van der Waals surface area contributed by atoms with Crippen LogP contribution in [0.1, 0.15) is 20.8 Å². The summed E-state index contributed by atoms with van der Waals surface area (Å²) in [7, 11) is 0. The summed E-state index contributed by atoms with van der Waals surface area (Å²) >= 11 is 0. The molecule has 0 bridgehead atoms. The molecule has 0 amide bonds. The number of hydrogen-bond acceptors (Lipinski definition) is 3. The number of fused-ring (bicyclic) bond motifs is 1. The van der Waals surface area contributed by atoms with Gasteiger partial charge in [0.1, 0.15) is 0 Å². The summed E-state index contributed by atoms with van der Waals surface area (Å²) in [5, 5.41) is 0. The molecule has 0 saturated carbocycles. The molecule has 1 atom stereocenters. The van der Waals surface area contributed by atoms with E-state index in [2.05, 4.69) is 30.7 Å². The second-order valence-electron chi connectivity index (χ2n) is 3.97. The molecule has 2 rings (SSSR count). The molecule has 0 aromatic heterocycles. The van der Waals surface area contributed by atoms with Crippen molar-refractivity contribution in [1.29, 1.82) is 0 Å². The minimum Gasteiger partial charge on any atom is -0.336 e. The minimum absolute atomic E-state index is 0.00509. The fourth-order valence-electron chi connectivity index (χ4n) is 1.73. The van der Waals surface area contributed by atoms with Crippen molar-refractivity contribution < 1.29 is 4.74 Å². The molecule has 1 fully saturated rings. The fourth-order valence-corrected chi connectivity index (χ4v) is 1.73. The third-order valence-electron chi connectivity index (χ3n) is 2.08. The molecule has 2 aliphatic heterocycles. The van der Waals surface area contributed by atoms with Crippen LogP contribution < -0.4 is 0 Å². The smallest absolute Gasteiger partial charge is 0.207 e. The normalized spacial score (nSPS) is 35.5. The SMILES string of the molecule is CC1=NC2OC(C)(C)CN2C1. The second-order valence-corrected chi connectivity index (χ2v) is 3.97. The molecule has 3 heteroatoms. The third kappa shape index (κ3) is 1.19. The Morgan fingerprint density at radius 2 is 2.36 bits per heavy atom. The minimum atomic E-state index is -0.00509. The molecule has 2 aliphatic rings. The lowest BCUT2D eigenvalue weighted by atomic mass is 10.1. The lowest BCUT2D eigenvalue weighted by Crippen LogP contribution is -2.29. The Bertz CT molecular complexity index is 210. The van der Waals surface area contributed by atoms with Gasteiger partial charge in [-0.1, -0.05) is 0 Å². The van der Waals surface area contributed by atoms with Crippen molar-refractivity contribution in [3.63, 3.8) is 0 Å². The number of rotatable bonds is 0. The van der Waals surface area contributed by atoms with Crippen molar-refractivity contribution in [3.8, 4) is 0 Å². The van der Waals surface area contributed by atoms with Crippen molar-refractivity contribution in [2.45, 2.75) is 32.7 Å². The zero-order valence-electron chi connectivity index (χ0n) is 7.29. The Morgan fingerprint density at radius 1 is 1.64 bits per heavy atom. The van der Waals surface area contributed by atoms with Crippen LogP contribution >= 0.6 is 0 Å². The summed E-state index contributed by atoms with van der Waals surface area (Å²) in [6.45, 7) is 8.24. The van der Waals surface area contributed by atoms with Gasteiger partial charge in [0.25, 0.3) is 0 Å². The molecule has 0 aromatic rings. The highest BCUT2D eigenvalue weighted by Gasteiger charge is 2.40. The molecule has 2 heterocycles. The van der Waals surface area contributed by atoms with E-state index in [1.165, 1.54) is 5.71 Å². The van der Waals surface area contributed by atoms with Crippen LogP contribution in [-0.2, 0) is 4.74 Å². The maximum Gasteiger partial charge on any atom is 0.207 e. The summed E-state index contributed by atoms with van der Waals surface area (Å²) in [5.41, 5.74) is 1.18. The Morgan fingerprint density at radius 3 is 3.00 bits per heavy atom. The zero-order valence-corrected chi connectivity index (χ0v) is 7.29. The molecule has 11 heavy (non-hydrogen) atoms. The van der Waals surface area contributed by atoms with E-state index < -0.39 is 0 Å². The number of ether oxygens (including phenoxy) is 1. The van der Waals surface area contributed by atoms with Gasteiger partial charge >= 0.3 is 0 Å². The van der Waals surface area contributed by atoms with Crippen LogP contribution in [-0.4, -0.2) is 35.7 Å². The number of nitrogens with zero attached hydrogens (tertiary/aromatic N) is 2. The Hall–Kier alpha value is -0.410. The van der Waals surface area contributed by atoms with Crippen LogP contribution in [0.2, 0.25) is 0 Å². The predicted octanol–water partition coefficient (Wildman–Crippen LogP) is 0.855. The van der Waals surface area contributed by atoms with Crippen molar-refractivity contribution in [3.05, 3.63) is 0 Å². The Kier molecular flexibility index (Phi) is 1.35. The maximum atomic E-state index is 5.68. The molecule has 0 N–H and O–H groups in total. The predicted molar refractivity (Wildman–Crippen MR) is 43.6 cm³/mol. The Balaban J connectivity index is 2.13. The lowest BCUT2D eigenvalue weighted by Gasteiger charge is -2.15. The van der Waals surface area contributed by atoms with Crippen LogP contribution in [0.15, 0.2) is 4.99 Å². The van der Waals surface area contributed by atoms with E-state index in [0.29, 0.717) is 0 Å². The molecular weight excluding hydrogens is 140 g/mol. The summed E-state index contributed by atoms with van der Waals surface area (Å²) in [6.07, 6.45) is 0.0185. The van der Waals surface area contributed by atoms with Gasteiger partial charge in [-0.05, 0) is 20.8 Å². The van der Waals surface area contributed by atoms with E-state index in [9.17, 15) is 0 Å². The highest BCUT2D eigenvalue weighted by Crippen LogP contribution is 2.28. The summed E-state index contributed by atoms with van der Waals surface area (Å²) in [5.74, 6) is 0. The first-order valence-corrected chi connectivity index (χ1v) is 4.02. The third-order valence-corrected chi connectivity index (χ3v) is 2.08. The van der Waals surface area contributed by atoms with E-state index in [1.807, 2.05) is 0 Å². The second kappa shape index (κ2) is 2.05. The monoisotopic (exact) mass is 154 g/mol. The van der Waals surface area contributed by atoms with Gasteiger partial charge in [-0.3, -0.25) is 4.90 Å². The average Bonchev–Trinajstić information content (AvgIpc) is 2.17. The van der Waals surface area contributed by atoms with Gasteiger partial charge in [-0.25, -0.2) is 4.99 Å². The van der Waals surface area contributed by atoms with Crippen molar-refractivity contribution >= 4 is 5.71 Å². The van der Waals surface area contributed by atoms with Crippen LogP contribution in [0.5, 0.6) is 0 Å². The molecular formula is C8H14N2O. The average molecular weight is 154 g/mol. The van der Waals surface area contributed by atoms with E-state index in [1.54, 1.807) is 0 Å². The highest BCUT2D eigenvalue weighted by atomic mass is 16.6. The van der Waals surface area contributed by atoms with E-state index in [4.69, 9.17) is 4.74 Å². The van der Waals surface area contributed by atoms with Crippen LogP contribution in [0.4, 0.5) is 0 Å². The summed E-state index contributed by atoms with van der Waals surface area (Å²) < 4.78 is 5.68. The van der Waals surface area contributed by atoms with Gasteiger partial charge in [-0.2, -0.15) is 0 Å². The zero-order chi connectivity index (χ0) is 8.06. The standard InChI is InChI=1S/C8H14N2O/c1-6-4-10-5-8(2,3)11-7(10)9-6/h7H,4-5H2,1-3H3. The number of aliphatic imine (C=N–C) groups is 1. The van der Waals surface area contributed by atoms with E-state index >= 15 is 0 Å². The van der Waals surface area contributed by atoms with Crippen LogP contribution in [0.3, 0.4) is 0 Å². The largest absolute Gasteiger partial charge is 0.336 e. The van der Waals surface area contributed by atoms with Gasteiger partial charge in [0.05, 0.1) is 5.60 Å². The van der Waals surface area contributed by atoms with Gasteiger partial charge in [-0.15, -0.1) is 0 Å². The summed E-state index contributed by atoms with van der Waals surface area (Å²) in [6, 6.07) is 0. The van der Waals surface area contributed by atoms with Gasteiger partial charge in [0, 0.05) is 18.8 Å². The molecule has 0 radical (unpaired) electrons. The topological polar surface area (TPSA) is 24.8 Å². The van der Waals surface area contributed by atoms with Crippen molar-refractivity contribution in [1.82, 2.24) is 4.90 Å². The fraction of sp³-hybridized carbons (Fsp3) is 0.875. The first kappa shape index (κ1) is 7.25. The quantitative estimate of drug-likeness (QED) is 0.517. The Labute approximate surface area is 67.1 Å². The first-order chi connectivity index (χ1) is 5.07. The van der Waals surface area contributed by atoms with Crippen molar-refractivity contribution in [2.24, 2.45) is 4.99 Å². The molecule has 0 aromatic carbocycles. The van der Waals surface area contributed by atoms with Gasteiger partial charge < -0.3 is 4.74 Å². The highest BCUT2D eigenvalue weighted by molar-refractivity contribution is 5.85. The van der Waals surface area contributed by atoms with Gasteiger partial charge in [0.15, 0.2) is 0 Å². The van der Waals surface area contributed by atoms with Crippen LogP contribution in [0, 0.1) is 0 Å². The molecule has 1 unspecified atom stereocenters. The van der Waals surface area contributed by atoms with E-state index in [0.717, 1.165) is 13.1 Å². The van der Waals surface area contributed by atoms with Gasteiger partial charge in [0.2, 0.25) is 6.35 Å². The molecule has 0 spiro atoms. The van der Waals surface area contributed by atoms with E-state index in [-0.39, 0.29) is 12.0 Å². The molecule has 3 nitrogen and oxygen atoms in total. The van der Waals surface area contributed by atoms with Crippen molar-refractivity contribution in [2.75, 3.05) is 13.1 Å². The first-order valence-electron chi connectivity index (χ1n) is 4.02. The molecule has 0 aliphatic carbocycles. The number of hydrogen-bond donors (Lipinski definition) is 0. The molecule has 1 saturated heterocycles. The summed E-state index contributed by atoms with van der Waals surface area (Å²) in [4.78, 5) is 6.63. The van der Waals surface area contributed by atoms with Crippen LogP contribution in [0.25, 0.3) is 0 Å². The molecule has 62 valence electrons.